The molecule has 0 spiro atoms. The van der Waals surface area contributed by atoms with Gasteiger partial charge in [-0.15, -0.1) is 0 Å². The van der Waals surface area contributed by atoms with E-state index in [2.05, 4.69) is 0 Å². The molecular weight excluding hydrogens is 203 g/mol. The van der Waals surface area contributed by atoms with E-state index in [9.17, 15) is 4.79 Å². The predicted octanol–water partition coefficient (Wildman–Crippen LogP) is -0.896. The van der Waals surface area contributed by atoms with Crippen LogP contribution in [0.25, 0.3) is 6.08 Å². The molecule has 0 aliphatic heterocycles. The summed E-state index contributed by atoms with van der Waals surface area (Å²) < 4.78 is 0. The summed E-state index contributed by atoms with van der Waals surface area (Å²) in [4.78, 5) is 20.0. The molecule has 0 unspecified atom stereocenters. The molecular formula is C11H11NaO3. The molecule has 0 fully saturated rings. The molecule has 74 valence electrons. The van der Waals surface area contributed by atoms with E-state index < -0.39 is 5.97 Å². The van der Waals surface area contributed by atoms with Crippen LogP contribution in [0.1, 0.15) is 24.3 Å². The number of allylic oxidation sites excluding steroid dienone is 1. The third-order valence-electron chi connectivity index (χ3n) is 1.64. The molecule has 0 heterocycles. The number of aliphatic carboxylic acids is 1. The summed E-state index contributed by atoms with van der Waals surface area (Å²) in [6.07, 6.45) is 3.45. The maximum atomic E-state index is 11.0. The Hall–Kier alpha value is -0.900. The summed E-state index contributed by atoms with van der Waals surface area (Å²) >= 11 is 0. The Morgan fingerprint density at radius 1 is 1.27 bits per heavy atom. The van der Waals surface area contributed by atoms with E-state index >= 15 is 0 Å². The smallest absolute Gasteiger partial charge is 1.00 e. The number of carboxylic acid groups (broad SMARTS) is 1. The second-order valence-corrected chi connectivity index (χ2v) is 2.80. The van der Waals surface area contributed by atoms with E-state index in [1.54, 1.807) is 6.08 Å². The van der Waals surface area contributed by atoms with Gasteiger partial charge in [0.1, 0.15) is 0 Å². The van der Waals surface area contributed by atoms with Crippen molar-refractivity contribution in [3.8, 4) is 0 Å². The van der Waals surface area contributed by atoms with Crippen molar-refractivity contribution in [3.05, 3.63) is 41.5 Å². The van der Waals surface area contributed by atoms with Crippen LogP contribution in [-0.4, -0.2) is 16.9 Å². The number of rotatable bonds is 0. The van der Waals surface area contributed by atoms with Gasteiger partial charge in [-0.1, -0.05) is 30.3 Å². The van der Waals surface area contributed by atoms with Crippen molar-refractivity contribution in [2.45, 2.75) is 6.92 Å². The molecule has 4 heteroatoms. The SMILES string of the molecule is CC(=O)O.O=C1C=Cc2ccccc21.[H-].[Na+]. The molecule has 3 nitrogen and oxygen atoms in total. The Morgan fingerprint density at radius 3 is 2.33 bits per heavy atom. The van der Waals surface area contributed by atoms with Crippen LogP contribution >= 0.6 is 0 Å². The topological polar surface area (TPSA) is 54.4 Å². The standard InChI is InChI=1S/C9H6O.C2H4O2.Na.H/c10-9-6-5-7-3-1-2-4-8(7)9;1-2(3)4;;/h1-6H;1H3,(H,3,4);;/q;;+1;-1. The van der Waals surface area contributed by atoms with Crippen LogP contribution in [0.2, 0.25) is 0 Å². The van der Waals surface area contributed by atoms with E-state index in [4.69, 9.17) is 9.90 Å². The molecule has 0 radical (unpaired) electrons. The van der Waals surface area contributed by atoms with Gasteiger partial charge in [0.15, 0.2) is 5.78 Å². The van der Waals surface area contributed by atoms with Crippen LogP contribution in [0.15, 0.2) is 30.3 Å². The second-order valence-electron chi connectivity index (χ2n) is 2.80. The fraction of sp³-hybridized carbons (Fsp3) is 0.0909. The molecule has 1 aromatic rings. The molecule has 1 aliphatic rings. The van der Waals surface area contributed by atoms with Gasteiger partial charge in [0, 0.05) is 12.5 Å². The predicted molar refractivity (Wildman–Crippen MR) is 54.2 cm³/mol. The molecule has 0 amide bonds. The second kappa shape index (κ2) is 6.56. The van der Waals surface area contributed by atoms with Gasteiger partial charge in [-0.25, -0.2) is 0 Å². The van der Waals surface area contributed by atoms with Gasteiger partial charge >= 0.3 is 29.6 Å². The van der Waals surface area contributed by atoms with Gasteiger partial charge in [0.05, 0.1) is 0 Å². The average Bonchev–Trinajstić information content (AvgIpc) is 2.48. The van der Waals surface area contributed by atoms with Gasteiger partial charge < -0.3 is 6.53 Å². The van der Waals surface area contributed by atoms with Crippen molar-refractivity contribution < 1.29 is 45.7 Å². The third kappa shape index (κ3) is 4.42. The van der Waals surface area contributed by atoms with Crippen LogP contribution in [0.4, 0.5) is 0 Å². The molecule has 2 rings (SSSR count). The number of ketones is 1. The number of hydrogen-bond acceptors (Lipinski definition) is 2. The summed E-state index contributed by atoms with van der Waals surface area (Å²) in [7, 11) is 0. The van der Waals surface area contributed by atoms with Crippen LogP contribution in [-0.2, 0) is 4.79 Å². The van der Waals surface area contributed by atoms with Crippen LogP contribution in [0, 0.1) is 0 Å². The summed E-state index contributed by atoms with van der Waals surface area (Å²) in [6, 6.07) is 7.60. The maximum absolute atomic E-state index is 11.0. The number of carboxylic acids is 1. The van der Waals surface area contributed by atoms with Crippen molar-refractivity contribution in [2.24, 2.45) is 0 Å². The monoisotopic (exact) mass is 214 g/mol. The van der Waals surface area contributed by atoms with Crippen LogP contribution < -0.4 is 29.6 Å². The van der Waals surface area contributed by atoms with Gasteiger partial charge in [0.25, 0.3) is 5.97 Å². The molecule has 0 saturated carbocycles. The van der Waals surface area contributed by atoms with Gasteiger partial charge in [0.2, 0.25) is 0 Å². The fourth-order valence-electron chi connectivity index (χ4n) is 1.12. The summed E-state index contributed by atoms with van der Waals surface area (Å²) in [5.41, 5.74) is 1.86. The average molecular weight is 214 g/mol. The van der Waals surface area contributed by atoms with Crippen molar-refractivity contribution in [2.75, 3.05) is 0 Å². The molecule has 1 aliphatic carbocycles. The number of benzene rings is 1. The first kappa shape index (κ1) is 14.1. The third-order valence-corrected chi connectivity index (χ3v) is 1.64. The number of carbonyl (C=O) groups is 2. The zero-order valence-corrected chi connectivity index (χ0v) is 10.7. The summed E-state index contributed by atoms with van der Waals surface area (Å²) in [5.74, 6) is -0.712. The molecule has 1 aromatic carbocycles. The minimum Gasteiger partial charge on any atom is -1.00 e. The van der Waals surface area contributed by atoms with Crippen molar-refractivity contribution in [1.82, 2.24) is 0 Å². The molecule has 0 aromatic heterocycles. The Morgan fingerprint density at radius 2 is 1.80 bits per heavy atom. The van der Waals surface area contributed by atoms with Crippen molar-refractivity contribution in [3.63, 3.8) is 0 Å². The van der Waals surface area contributed by atoms with Crippen molar-refractivity contribution >= 4 is 17.8 Å². The Bertz CT molecular complexity index is 398. The maximum Gasteiger partial charge on any atom is 1.00 e. The molecule has 0 bridgehead atoms. The van der Waals surface area contributed by atoms with E-state index in [1.807, 2.05) is 30.3 Å². The first-order valence-corrected chi connectivity index (χ1v) is 4.12. The van der Waals surface area contributed by atoms with Gasteiger partial charge in [-0.05, 0) is 11.6 Å². The van der Waals surface area contributed by atoms with E-state index in [0.717, 1.165) is 18.1 Å². The minimum atomic E-state index is -0.833. The normalized spacial score (nSPS) is 10.9. The Kier molecular flexibility index (Phi) is 6.17. The zero-order valence-electron chi connectivity index (χ0n) is 9.73. The molecule has 15 heavy (non-hydrogen) atoms. The number of hydrogen-bond donors (Lipinski definition) is 1. The molecule has 0 atom stereocenters. The zero-order chi connectivity index (χ0) is 10.6. The van der Waals surface area contributed by atoms with E-state index in [0.29, 0.717) is 0 Å². The Balaban J connectivity index is 0. The Labute approximate surface area is 112 Å². The summed E-state index contributed by atoms with van der Waals surface area (Å²) in [5, 5.41) is 7.42. The summed E-state index contributed by atoms with van der Waals surface area (Å²) in [6.45, 7) is 1.08. The fourth-order valence-corrected chi connectivity index (χ4v) is 1.12. The number of fused-ring (bicyclic) bond motifs is 1. The van der Waals surface area contributed by atoms with Crippen molar-refractivity contribution in [1.29, 1.82) is 0 Å². The quantitative estimate of drug-likeness (QED) is 0.570. The molecule has 0 saturated heterocycles. The van der Waals surface area contributed by atoms with Crippen LogP contribution in [0.5, 0.6) is 0 Å². The van der Waals surface area contributed by atoms with E-state index in [-0.39, 0.29) is 36.8 Å². The van der Waals surface area contributed by atoms with Crippen LogP contribution in [0.3, 0.4) is 0 Å². The molecule has 1 N–H and O–H groups in total. The number of carbonyl (C=O) groups excluding carboxylic acids is 1. The van der Waals surface area contributed by atoms with Gasteiger partial charge in [-0.2, -0.15) is 0 Å². The first-order valence-electron chi connectivity index (χ1n) is 4.12. The minimum absolute atomic E-state index is 0. The largest absolute Gasteiger partial charge is 1.00 e. The van der Waals surface area contributed by atoms with Gasteiger partial charge in [-0.3, -0.25) is 9.59 Å². The first-order chi connectivity index (χ1) is 6.61. The van der Waals surface area contributed by atoms with E-state index in [1.165, 1.54) is 0 Å².